The number of ether oxygens (including phenoxy) is 1. The summed E-state index contributed by atoms with van der Waals surface area (Å²) in [5.74, 6) is 0.931. The Kier molecular flexibility index (Phi) is 5.82. The Morgan fingerprint density at radius 1 is 1.00 bits per heavy atom. The summed E-state index contributed by atoms with van der Waals surface area (Å²) in [5, 5.41) is 3.44. The molecule has 0 amide bonds. The Morgan fingerprint density at radius 2 is 1.71 bits per heavy atom. The van der Waals surface area contributed by atoms with Crippen LogP contribution in [0.5, 0.6) is 5.75 Å². The molecule has 2 rings (SSSR count). The zero-order valence-electron chi connectivity index (χ0n) is 13.2. The van der Waals surface area contributed by atoms with Crippen molar-refractivity contribution in [2.24, 2.45) is 0 Å². The molecule has 0 aliphatic carbocycles. The molecule has 0 bridgehead atoms. The summed E-state index contributed by atoms with van der Waals surface area (Å²) in [6.07, 6.45) is 1.07. The maximum atomic E-state index is 5.81. The van der Waals surface area contributed by atoms with Gasteiger partial charge in [0.25, 0.3) is 0 Å². The van der Waals surface area contributed by atoms with Crippen LogP contribution in [0, 0.1) is 6.92 Å². The van der Waals surface area contributed by atoms with Crippen molar-refractivity contribution in [1.82, 2.24) is 5.32 Å². The lowest BCUT2D eigenvalue weighted by atomic mass is 10.1. The SMILES string of the molecule is Cc1cccc(OCc2ccc(CCNC(C)C)cc2)c1. The smallest absolute Gasteiger partial charge is 0.120 e. The Hall–Kier alpha value is -1.80. The topological polar surface area (TPSA) is 21.3 Å². The van der Waals surface area contributed by atoms with Crippen LogP contribution in [0.15, 0.2) is 48.5 Å². The van der Waals surface area contributed by atoms with E-state index in [0.717, 1.165) is 18.7 Å². The number of rotatable bonds is 7. The average Bonchev–Trinajstić information content (AvgIpc) is 2.46. The van der Waals surface area contributed by atoms with Crippen molar-refractivity contribution in [3.8, 4) is 5.75 Å². The van der Waals surface area contributed by atoms with Crippen LogP contribution in [0.4, 0.5) is 0 Å². The largest absolute Gasteiger partial charge is 0.489 e. The number of aryl methyl sites for hydroxylation is 1. The molecule has 1 N–H and O–H groups in total. The fourth-order valence-corrected chi connectivity index (χ4v) is 2.18. The molecule has 0 radical (unpaired) electrons. The van der Waals surface area contributed by atoms with Gasteiger partial charge in [-0.05, 0) is 48.7 Å². The van der Waals surface area contributed by atoms with Crippen LogP contribution in [0.3, 0.4) is 0 Å². The molecule has 0 heterocycles. The van der Waals surface area contributed by atoms with Gasteiger partial charge in [-0.15, -0.1) is 0 Å². The second kappa shape index (κ2) is 7.84. The molecule has 0 spiro atoms. The van der Waals surface area contributed by atoms with Crippen molar-refractivity contribution >= 4 is 0 Å². The van der Waals surface area contributed by atoms with E-state index in [4.69, 9.17) is 4.74 Å². The predicted molar refractivity (Wildman–Crippen MR) is 88.8 cm³/mol. The van der Waals surface area contributed by atoms with E-state index in [1.54, 1.807) is 0 Å². The molecule has 2 aromatic carbocycles. The van der Waals surface area contributed by atoms with Crippen molar-refractivity contribution in [3.63, 3.8) is 0 Å². The first-order chi connectivity index (χ1) is 10.1. The number of hydrogen-bond acceptors (Lipinski definition) is 2. The van der Waals surface area contributed by atoms with Gasteiger partial charge in [0.2, 0.25) is 0 Å². The summed E-state index contributed by atoms with van der Waals surface area (Å²) in [6, 6.07) is 17.4. The predicted octanol–water partition coefficient (Wildman–Crippen LogP) is 4.11. The number of benzene rings is 2. The Morgan fingerprint density at radius 3 is 2.38 bits per heavy atom. The first kappa shape index (κ1) is 15.6. The summed E-state index contributed by atoms with van der Waals surface area (Å²) < 4.78 is 5.81. The lowest BCUT2D eigenvalue weighted by Gasteiger charge is -2.09. The second-order valence-electron chi connectivity index (χ2n) is 5.78. The van der Waals surface area contributed by atoms with Gasteiger partial charge in [-0.3, -0.25) is 0 Å². The van der Waals surface area contributed by atoms with E-state index in [9.17, 15) is 0 Å². The van der Waals surface area contributed by atoms with E-state index in [1.165, 1.54) is 16.7 Å². The molecular weight excluding hydrogens is 258 g/mol. The molecule has 2 aromatic rings. The molecule has 0 unspecified atom stereocenters. The van der Waals surface area contributed by atoms with Crippen LogP contribution in [0.25, 0.3) is 0 Å². The molecule has 0 fully saturated rings. The van der Waals surface area contributed by atoms with Crippen LogP contribution < -0.4 is 10.1 Å². The van der Waals surface area contributed by atoms with Crippen molar-refractivity contribution in [3.05, 3.63) is 65.2 Å². The van der Waals surface area contributed by atoms with Gasteiger partial charge in [-0.1, -0.05) is 50.2 Å². The van der Waals surface area contributed by atoms with Gasteiger partial charge in [-0.25, -0.2) is 0 Å². The maximum Gasteiger partial charge on any atom is 0.120 e. The molecule has 2 heteroatoms. The molecule has 21 heavy (non-hydrogen) atoms. The second-order valence-corrected chi connectivity index (χ2v) is 5.78. The lowest BCUT2D eigenvalue weighted by Crippen LogP contribution is -2.24. The molecule has 0 atom stereocenters. The molecule has 0 aliphatic heterocycles. The summed E-state index contributed by atoms with van der Waals surface area (Å²) in [7, 11) is 0. The highest BCUT2D eigenvalue weighted by molar-refractivity contribution is 5.28. The molecule has 0 saturated carbocycles. The van der Waals surface area contributed by atoms with Gasteiger partial charge < -0.3 is 10.1 Å². The van der Waals surface area contributed by atoms with Crippen LogP contribution in [-0.4, -0.2) is 12.6 Å². The van der Waals surface area contributed by atoms with Gasteiger partial charge >= 0.3 is 0 Å². The standard InChI is InChI=1S/C19H25NO/c1-15(2)20-12-11-17-7-9-18(10-8-17)14-21-19-6-4-5-16(3)13-19/h4-10,13,15,20H,11-12,14H2,1-3H3. The normalized spacial score (nSPS) is 10.9. The van der Waals surface area contributed by atoms with E-state index in [2.05, 4.69) is 62.5 Å². The van der Waals surface area contributed by atoms with Gasteiger partial charge in [0.1, 0.15) is 12.4 Å². The minimum Gasteiger partial charge on any atom is -0.489 e. The number of hydrogen-bond donors (Lipinski definition) is 1. The fraction of sp³-hybridized carbons (Fsp3) is 0.368. The van der Waals surface area contributed by atoms with E-state index in [1.807, 2.05) is 12.1 Å². The Bertz CT molecular complexity index is 546. The third-order valence-electron chi connectivity index (χ3n) is 3.38. The molecular formula is C19H25NO. The molecule has 0 aliphatic rings. The van der Waals surface area contributed by atoms with Gasteiger partial charge in [0.15, 0.2) is 0 Å². The third kappa shape index (κ3) is 5.60. The van der Waals surface area contributed by atoms with Crippen LogP contribution in [0.2, 0.25) is 0 Å². The van der Waals surface area contributed by atoms with E-state index < -0.39 is 0 Å². The van der Waals surface area contributed by atoms with Crippen LogP contribution in [-0.2, 0) is 13.0 Å². The summed E-state index contributed by atoms with van der Waals surface area (Å²) in [5.41, 5.74) is 3.79. The van der Waals surface area contributed by atoms with Crippen LogP contribution >= 0.6 is 0 Å². The fourth-order valence-electron chi connectivity index (χ4n) is 2.18. The Balaban J connectivity index is 1.82. The zero-order chi connectivity index (χ0) is 15.1. The van der Waals surface area contributed by atoms with E-state index >= 15 is 0 Å². The molecule has 112 valence electrons. The zero-order valence-corrected chi connectivity index (χ0v) is 13.2. The lowest BCUT2D eigenvalue weighted by molar-refractivity contribution is 0.306. The molecule has 0 saturated heterocycles. The first-order valence-electron chi connectivity index (χ1n) is 7.64. The van der Waals surface area contributed by atoms with E-state index in [-0.39, 0.29) is 0 Å². The van der Waals surface area contributed by atoms with Crippen molar-refractivity contribution in [2.45, 2.75) is 39.8 Å². The highest BCUT2D eigenvalue weighted by Crippen LogP contribution is 2.15. The van der Waals surface area contributed by atoms with Crippen molar-refractivity contribution in [2.75, 3.05) is 6.54 Å². The highest BCUT2D eigenvalue weighted by atomic mass is 16.5. The summed E-state index contributed by atoms with van der Waals surface area (Å²) in [6.45, 7) is 8.06. The van der Waals surface area contributed by atoms with Crippen LogP contribution in [0.1, 0.15) is 30.5 Å². The van der Waals surface area contributed by atoms with Gasteiger partial charge in [-0.2, -0.15) is 0 Å². The number of nitrogens with one attached hydrogen (secondary N) is 1. The average molecular weight is 283 g/mol. The summed E-state index contributed by atoms with van der Waals surface area (Å²) in [4.78, 5) is 0. The van der Waals surface area contributed by atoms with Gasteiger partial charge in [0, 0.05) is 6.04 Å². The minimum atomic E-state index is 0.548. The third-order valence-corrected chi connectivity index (χ3v) is 3.38. The quantitative estimate of drug-likeness (QED) is 0.825. The van der Waals surface area contributed by atoms with Gasteiger partial charge in [0.05, 0.1) is 0 Å². The van der Waals surface area contributed by atoms with E-state index in [0.29, 0.717) is 12.6 Å². The summed E-state index contributed by atoms with van der Waals surface area (Å²) >= 11 is 0. The monoisotopic (exact) mass is 283 g/mol. The maximum absolute atomic E-state index is 5.81. The van der Waals surface area contributed by atoms with Crippen molar-refractivity contribution < 1.29 is 4.74 Å². The Labute approximate surface area is 128 Å². The van der Waals surface area contributed by atoms with Crippen molar-refractivity contribution in [1.29, 1.82) is 0 Å². The molecule has 2 nitrogen and oxygen atoms in total. The highest BCUT2D eigenvalue weighted by Gasteiger charge is 1.99. The first-order valence-corrected chi connectivity index (χ1v) is 7.64. The molecule has 0 aromatic heterocycles. The minimum absolute atomic E-state index is 0.548.